The van der Waals surface area contributed by atoms with Crippen LogP contribution in [0, 0.1) is 11.3 Å². The topological polar surface area (TPSA) is 54.5 Å². The summed E-state index contributed by atoms with van der Waals surface area (Å²) >= 11 is 1.73. The van der Waals surface area contributed by atoms with Gasteiger partial charge in [0.05, 0.1) is 19.2 Å². The maximum absolute atomic E-state index is 12.2. The van der Waals surface area contributed by atoms with Crippen LogP contribution in [-0.2, 0) is 16.1 Å². The van der Waals surface area contributed by atoms with Gasteiger partial charge in [0.1, 0.15) is 5.01 Å². The molecule has 2 aliphatic heterocycles. The first-order valence-corrected chi connectivity index (χ1v) is 9.62. The Labute approximate surface area is 141 Å². The summed E-state index contributed by atoms with van der Waals surface area (Å²) in [6.45, 7) is 4.67. The van der Waals surface area contributed by atoms with Crippen LogP contribution in [-0.4, -0.2) is 48.1 Å². The molecule has 1 aliphatic carbocycles. The number of nitrogens with one attached hydrogen (secondary N) is 1. The monoisotopic (exact) mass is 335 g/mol. The number of aromatic nitrogens is 1. The Kier molecular flexibility index (Phi) is 4.39. The highest BCUT2D eigenvalue weighted by Gasteiger charge is 2.45. The predicted octanol–water partition coefficient (Wildman–Crippen LogP) is 2.04. The Hall–Kier alpha value is -0.980. The molecule has 1 atom stereocenters. The number of carbonyl (C=O) groups excluding carboxylic acids is 1. The highest BCUT2D eigenvalue weighted by Crippen LogP contribution is 2.42. The van der Waals surface area contributed by atoms with E-state index in [1.165, 1.54) is 5.01 Å². The molecule has 1 spiro atoms. The van der Waals surface area contributed by atoms with Crippen molar-refractivity contribution in [1.82, 2.24) is 15.2 Å². The van der Waals surface area contributed by atoms with Gasteiger partial charge in [0, 0.05) is 24.1 Å². The second-order valence-corrected chi connectivity index (χ2v) is 8.20. The molecular weight excluding hydrogens is 310 g/mol. The zero-order valence-electron chi connectivity index (χ0n) is 13.5. The van der Waals surface area contributed by atoms with Gasteiger partial charge in [0.2, 0.25) is 5.91 Å². The van der Waals surface area contributed by atoms with Gasteiger partial charge >= 0.3 is 0 Å². The third-order valence-electron chi connectivity index (χ3n) is 5.73. The molecule has 3 aliphatic rings. The van der Waals surface area contributed by atoms with Crippen LogP contribution in [0.5, 0.6) is 0 Å². The summed E-state index contributed by atoms with van der Waals surface area (Å²) in [6.07, 6.45) is 7.39. The Morgan fingerprint density at radius 1 is 1.39 bits per heavy atom. The summed E-state index contributed by atoms with van der Waals surface area (Å²) in [5.41, 5.74) is 0.238. The summed E-state index contributed by atoms with van der Waals surface area (Å²) in [7, 11) is 0. The van der Waals surface area contributed by atoms with Gasteiger partial charge in [-0.3, -0.25) is 9.69 Å². The largest absolute Gasteiger partial charge is 0.379 e. The molecular formula is C17H25N3O2S. The van der Waals surface area contributed by atoms with Crippen molar-refractivity contribution < 1.29 is 9.53 Å². The van der Waals surface area contributed by atoms with Crippen LogP contribution in [0.2, 0.25) is 0 Å². The van der Waals surface area contributed by atoms with Gasteiger partial charge in [0.15, 0.2) is 0 Å². The van der Waals surface area contributed by atoms with E-state index in [4.69, 9.17) is 4.74 Å². The molecule has 126 valence electrons. The average Bonchev–Trinajstić information content (AvgIpc) is 3.30. The quantitative estimate of drug-likeness (QED) is 0.915. The van der Waals surface area contributed by atoms with Crippen molar-refractivity contribution in [3.8, 4) is 0 Å². The van der Waals surface area contributed by atoms with Crippen molar-refractivity contribution in [1.29, 1.82) is 0 Å². The number of likely N-dealkylation sites (tertiary alicyclic amines) is 1. The molecule has 1 aromatic rings. The summed E-state index contributed by atoms with van der Waals surface area (Å²) < 4.78 is 5.69. The smallest absolute Gasteiger partial charge is 0.223 e. The second kappa shape index (κ2) is 6.49. The van der Waals surface area contributed by atoms with Crippen LogP contribution in [0.15, 0.2) is 11.6 Å². The Bertz CT molecular complexity index is 536. The number of hydrogen-bond acceptors (Lipinski definition) is 5. The Morgan fingerprint density at radius 3 is 2.91 bits per heavy atom. The minimum Gasteiger partial charge on any atom is -0.379 e. The molecule has 0 radical (unpaired) electrons. The number of hydrogen-bond donors (Lipinski definition) is 1. The van der Waals surface area contributed by atoms with Crippen LogP contribution < -0.4 is 5.32 Å². The minimum absolute atomic E-state index is 0.200. The molecule has 4 rings (SSSR count). The van der Waals surface area contributed by atoms with Gasteiger partial charge < -0.3 is 10.1 Å². The highest BCUT2D eigenvalue weighted by molar-refractivity contribution is 7.09. The third-order valence-corrected chi connectivity index (χ3v) is 6.49. The number of thiazole rings is 1. The normalized spacial score (nSPS) is 27.9. The first-order valence-electron chi connectivity index (χ1n) is 8.74. The molecule has 1 saturated carbocycles. The van der Waals surface area contributed by atoms with E-state index in [1.807, 2.05) is 11.6 Å². The number of nitrogens with zero attached hydrogens (tertiary/aromatic N) is 2. The lowest BCUT2D eigenvalue weighted by Gasteiger charge is -2.49. The Balaban J connectivity index is 1.37. The maximum Gasteiger partial charge on any atom is 0.223 e. The van der Waals surface area contributed by atoms with Crippen LogP contribution in [0.3, 0.4) is 0 Å². The van der Waals surface area contributed by atoms with E-state index >= 15 is 0 Å². The van der Waals surface area contributed by atoms with E-state index in [2.05, 4.69) is 15.2 Å². The number of rotatable bonds is 4. The van der Waals surface area contributed by atoms with E-state index in [-0.39, 0.29) is 23.3 Å². The molecule has 23 heavy (non-hydrogen) atoms. The SMILES string of the molecule is O=C(N[C@H]1COCCC12CCN(Cc1nccs1)CC2)C1CC1. The molecule has 0 unspecified atom stereocenters. The van der Waals surface area contributed by atoms with E-state index < -0.39 is 0 Å². The van der Waals surface area contributed by atoms with Gasteiger partial charge in [-0.2, -0.15) is 0 Å². The van der Waals surface area contributed by atoms with Crippen molar-refractivity contribution in [2.45, 2.75) is 44.7 Å². The highest BCUT2D eigenvalue weighted by atomic mass is 32.1. The van der Waals surface area contributed by atoms with Crippen LogP contribution >= 0.6 is 11.3 Å². The van der Waals surface area contributed by atoms with Gasteiger partial charge in [-0.1, -0.05) is 0 Å². The van der Waals surface area contributed by atoms with Crippen molar-refractivity contribution in [2.75, 3.05) is 26.3 Å². The van der Waals surface area contributed by atoms with Gasteiger partial charge in [0.25, 0.3) is 0 Å². The first-order chi connectivity index (χ1) is 11.3. The zero-order valence-corrected chi connectivity index (χ0v) is 14.3. The predicted molar refractivity (Wildman–Crippen MR) is 89.1 cm³/mol. The van der Waals surface area contributed by atoms with Gasteiger partial charge in [-0.25, -0.2) is 4.98 Å². The lowest BCUT2D eigenvalue weighted by Crippen LogP contribution is -2.57. The summed E-state index contributed by atoms with van der Waals surface area (Å²) in [5, 5.41) is 6.55. The molecule has 5 nitrogen and oxygen atoms in total. The van der Waals surface area contributed by atoms with Crippen molar-refractivity contribution in [3.05, 3.63) is 16.6 Å². The fraction of sp³-hybridized carbons (Fsp3) is 0.765. The molecule has 3 fully saturated rings. The lowest BCUT2D eigenvalue weighted by atomic mass is 9.69. The average molecular weight is 335 g/mol. The summed E-state index contributed by atoms with van der Waals surface area (Å²) in [4.78, 5) is 19.1. The maximum atomic E-state index is 12.2. The van der Waals surface area contributed by atoms with Crippen LogP contribution in [0.4, 0.5) is 0 Å². The summed E-state index contributed by atoms with van der Waals surface area (Å²) in [5.74, 6) is 0.532. The lowest BCUT2D eigenvalue weighted by molar-refractivity contribution is -0.127. The number of ether oxygens (including phenoxy) is 1. The van der Waals surface area contributed by atoms with E-state index in [9.17, 15) is 4.79 Å². The second-order valence-electron chi connectivity index (χ2n) is 7.22. The van der Waals surface area contributed by atoms with E-state index in [1.54, 1.807) is 11.3 Å². The van der Waals surface area contributed by atoms with Crippen molar-refractivity contribution in [2.24, 2.45) is 11.3 Å². The molecule has 1 N–H and O–H groups in total. The molecule has 0 bridgehead atoms. The fourth-order valence-electron chi connectivity index (χ4n) is 3.93. The molecule has 3 heterocycles. The van der Waals surface area contributed by atoms with Crippen molar-refractivity contribution in [3.63, 3.8) is 0 Å². The van der Waals surface area contributed by atoms with Crippen LogP contribution in [0.1, 0.15) is 37.1 Å². The number of carbonyl (C=O) groups is 1. The molecule has 1 amide bonds. The fourth-order valence-corrected chi connectivity index (χ4v) is 4.59. The molecule has 6 heteroatoms. The van der Waals surface area contributed by atoms with Crippen molar-refractivity contribution >= 4 is 17.2 Å². The van der Waals surface area contributed by atoms with Crippen LogP contribution in [0.25, 0.3) is 0 Å². The molecule has 2 saturated heterocycles. The van der Waals surface area contributed by atoms with E-state index in [0.717, 1.165) is 58.3 Å². The molecule has 1 aromatic heterocycles. The van der Waals surface area contributed by atoms with Gasteiger partial charge in [-0.05, 0) is 50.6 Å². The standard InChI is InChI=1S/C17H25N3O2S/c21-16(13-1-2-13)19-14-12-22-9-5-17(14)3-7-20(8-4-17)11-15-18-6-10-23-15/h6,10,13-14H,1-5,7-9,11-12H2,(H,19,21)/t14-/m0/s1. The summed E-state index contributed by atoms with van der Waals surface area (Å²) in [6, 6.07) is 0.200. The van der Waals surface area contributed by atoms with Gasteiger partial charge in [-0.15, -0.1) is 11.3 Å². The molecule has 0 aromatic carbocycles. The zero-order chi connectivity index (χ0) is 15.7. The first kappa shape index (κ1) is 15.5. The van der Waals surface area contributed by atoms with E-state index in [0.29, 0.717) is 6.61 Å². The third kappa shape index (κ3) is 3.44. The number of amides is 1. The minimum atomic E-state index is 0.200. The Morgan fingerprint density at radius 2 is 2.22 bits per heavy atom. The number of piperidine rings is 1.